The van der Waals surface area contributed by atoms with Crippen LogP contribution in [-0.4, -0.2) is 30.4 Å². The molecular weight excluding hydrogens is 226 g/mol. The molecule has 1 aromatic rings. The predicted molar refractivity (Wildman–Crippen MR) is 59.2 cm³/mol. The molecule has 0 radical (unpaired) electrons. The number of likely N-dealkylation sites (N-methyl/N-ethyl adjacent to an activating group) is 1. The summed E-state index contributed by atoms with van der Waals surface area (Å²) in [6.45, 7) is 0.857. The highest BCUT2D eigenvalue weighted by Crippen LogP contribution is 2.12. The number of carbonyl (C=O) groups excluding carboxylic acids is 1. The van der Waals surface area contributed by atoms with Crippen molar-refractivity contribution in [3.8, 4) is 0 Å². The monoisotopic (exact) mass is 240 g/mol. The highest BCUT2D eigenvalue weighted by Gasteiger charge is 2.28. The second-order valence-electron chi connectivity index (χ2n) is 4.22. The van der Waals surface area contributed by atoms with Crippen molar-refractivity contribution in [2.75, 3.05) is 13.6 Å². The summed E-state index contributed by atoms with van der Waals surface area (Å²) in [4.78, 5) is 13.2. The zero-order valence-electron chi connectivity index (χ0n) is 9.54. The molecule has 3 nitrogen and oxygen atoms in total. The molecule has 0 spiro atoms. The number of amides is 1. The second-order valence-corrected chi connectivity index (χ2v) is 4.22. The van der Waals surface area contributed by atoms with Crippen molar-refractivity contribution < 1.29 is 13.6 Å². The van der Waals surface area contributed by atoms with Crippen LogP contribution in [0.25, 0.3) is 0 Å². The predicted octanol–water partition coefficient (Wildman–Crippen LogP) is 1.29. The molecule has 1 heterocycles. The Hall–Kier alpha value is -1.49. The van der Waals surface area contributed by atoms with Gasteiger partial charge in [0, 0.05) is 25.7 Å². The third kappa shape index (κ3) is 2.61. The summed E-state index contributed by atoms with van der Waals surface area (Å²) < 4.78 is 26.2. The van der Waals surface area contributed by atoms with Gasteiger partial charge in [-0.05, 0) is 24.6 Å². The van der Waals surface area contributed by atoms with Gasteiger partial charge in [-0.3, -0.25) is 4.79 Å². The van der Waals surface area contributed by atoms with Gasteiger partial charge in [-0.1, -0.05) is 0 Å². The summed E-state index contributed by atoms with van der Waals surface area (Å²) in [5.41, 5.74) is 0.243. The summed E-state index contributed by atoms with van der Waals surface area (Å²) in [5.74, 6) is -0.933. The van der Waals surface area contributed by atoms with E-state index in [2.05, 4.69) is 5.32 Å². The van der Waals surface area contributed by atoms with Crippen molar-refractivity contribution in [3.05, 3.63) is 35.4 Å². The maximum atomic E-state index is 13.3. The van der Waals surface area contributed by atoms with E-state index in [-0.39, 0.29) is 24.1 Å². The first-order valence-corrected chi connectivity index (χ1v) is 5.50. The van der Waals surface area contributed by atoms with E-state index >= 15 is 0 Å². The fourth-order valence-corrected chi connectivity index (χ4v) is 1.92. The molecule has 1 aromatic carbocycles. The van der Waals surface area contributed by atoms with Crippen LogP contribution in [0.4, 0.5) is 8.78 Å². The molecule has 1 unspecified atom stereocenters. The molecule has 1 amide bonds. The number of hydrogen-bond donors (Lipinski definition) is 1. The molecule has 1 saturated heterocycles. The Bertz CT molecular complexity index is 437. The van der Waals surface area contributed by atoms with Gasteiger partial charge in [0.05, 0.1) is 6.04 Å². The average molecular weight is 240 g/mol. The number of rotatable bonds is 3. The quantitative estimate of drug-likeness (QED) is 0.863. The third-order valence-corrected chi connectivity index (χ3v) is 2.97. The molecule has 2 rings (SSSR count). The number of nitrogens with zero attached hydrogens (tertiary/aromatic N) is 1. The lowest BCUT2D eigenvalue weighted by Crippen LogP contribution is -2.36. The van der Waals surface area contributed by atoms with Gasteiger partial charge in [-0.2, -0.15) is 0 Å². The van der Waals surface area contributed by atoms with Crippen LogP contribution in [0.3, 0.4) is 0 Å². The lowest BCUT2D eigenvalue weighted by molar-refractivity contribution is -0.128. The lowest BCUT2D eigenvalue weighted by Gasteiger charge is -2.12. The summed E-state index contributed by atoms with van der Waals surface area (Å²) in [5, 5.41) is 2.95. The topological polar surface area (TPSA) is 32.3 Å². The maximum Gasteiger partial charge on any atom is 0.239 e. The van der Waals surface area contributed by atoms with Crippen molar-refractivity contribution in [3.63, 3.8) is 0 Å². The van der Waals surface area contributed by atoms with E-state index in [4.69, 9.17) is 0 Å². The van der Waals surface area contributed by atoms with Crippen LogP contribution < -0.4 is 5.32 Å². The third-order valence-electron chi connectivity index (χ3n) is 2.97. The number of carbonyl (C=O) groups is 1. The fraction of sp³-hybridized carbons (Fsp3) is 0.417. The molecular formula is C12H14F2N2O. The van der Waals surface area contributed by atoms with Gasteiger partial charge in [0.15, 0.2) is 0 Å². The van der Waals surface area contributed by atoms with Gasteiger partial charge >= 0.3 is 0 Å². The zero-order chi connectivity index (χ0) is 12.4. The molecule has 0 aromatic heterocycles. The Morgan fingerprint density at radius 1 is 1.47 bits per heavy atom. The first-order chi connectivity index (χ1) is 8.08. The number of benzene rings is 1. The van der Waals surface area contributed by atoms with Crippen LogP contribution in [0.15, 0.2) is 18.2 Å². The van der Waals surface area contributed by atoms with Gasteiger partial charge in [-0.25, -0.2) is 8.78 Å². The average Bonchev–Trinajstić information content (AvgIpc) is 2.62. The van der Waals surface area contributed by atoms with Crippen molar-refractivity contribution in [1.29, 1.82) is 0 Å². The van der Waals surface area contributed by atoms with Crippen LogP contribution in [0, 0.1) is 11.6 Å². The molecule has 1 fully saturated rings. The number of nitrogens with one attached hydrogen (secondary N) is 1. The van der Waals surface area contributed by atoms with Crippen molar-refractivity contribution in [2.24, 2.45) is 0 Å². The molecule has 0 saturated carbocycles. The summed E-state index contributed by atoms with van der Waals surface area (Å²) >= 11 is 0. The number of likely N-dealkylation sites (tertiary alicyclic amines) is 1. The van der Waals surface area contributed by atoms with Crippen LogP contribution in [0.1, 0.15) is 12.0 Å². The van der Waals surface area contributed by atoms with E-state index in [1.54, 1.807) is 11.9 Å². The van der Waals surface area contributed by atoms with Crippen LogP contribution in [0.5, 0.6) is 0 Å². The Balaban J connectivity index is 1.98. The second kappa shape index (κ2) is 4.79. The van der Waals surface area contributed by atoms with E-state index in [1.165, 1.54) is 0 Å². The van der Waals surface area contributed by atoms with E-state index in [1.807, 2.05) is 0 Å². The van der Waals surface area contributed by atoms with Crippen molar-refractivity contribution >= 4 is 5.91 Å². The first-order valence-electron chi connectivity index (χ1n) is 5.50. The van der Waals surface area contributed by atoms with Gasteiger partial charge in [0.2, 0.25) is 5.91 Å². The van der Waals surface area contributed by atoms with E-state index in [0.29, 0.717) is 13.0 Å². The zero-order valence-corrected chi connectivity index (χ0v) is 9.54. The Morgan fingerprint density at radius 2 is 2.24 bits per heavy atom. The minimum atomic E-state index is -0.474. The molecule has 0 bridgehead atoms. The molecule has 17 heavy (non-hydrogen) atoms. The Morgan fingerprint density at radius 3 is 2.88 bits per heavy atom. The van der Waals surface area contributed by atoms with Crippen LogP contribution >= 0.6 is 0 Å². The van der Waals surface area contributed by atoms with E-state index in [0.717, 1.165) is 18.2 Å². The Kier molecular flexibility index (Phi) is 3.38. The van der Waals surface area contributed by atoms with Gasteiger partial charge in [-0.15, -0.1) is 0 Å². The lowest BCUT2D eigenvalue weighted by atomic mass is 10.2. The summed E-state index contributed by atoms with van der Waals surface area (Å²) in [6.07, 6.45) is 0.701. The van der Waals surface area contributed by atoms with Gasteiger partial charge in [0.1, 0.15) is 11.6 Å². The maximum absolute atomic E-state index is 13.3. The Labute approximate surface area is 98.4 Å². The smallest absolute Gasteiger partial charge is 0.239 e. The summed E-state index contributed by atoms with van der Waals surface area (Å²) in [6, 6.07) is 3.02. The van der Waals surface area contributed by atoms with Crippen molar-refractivity contribution in [1.82, 2.24) is 10.2 Å². The van der Waals surface area contributed by atoms with Crippen LogP contribution in [-0.2, 0) is 11.3 Å². The fourth-order valence-electron chi connectivity index (χ4n) is 1.92. The number of halogens is 2. The molecule has 1 N–H and O–H groups in total. The molecule has 1 aliphatic heterocycles. The standard InChI is InChI=1S/C12H14F2N2O/c1-16-5-4-11(12(16)17)15-7-8-6-9(13)2-3-10(8)14/h2-3,6,11,15H,4-5,7H2,1H3. The highest BCUT2D eigenvalue weighted by molar-refractivity contribution is 5.83. The molecule has 1 aliphatic rings. The SMILES string of the molecule is CN1CCC(NCc2cc(F)ccc2F)C1=O. The summed E-state index contributed by atoms with van der Waals surface area (Å²) in [7, 11) is 1.73. The van der Waals surface area contributed by atoms with Gasteiger partial charge < -0.3 is 10.2 Å². The number of hydrogen-bond acceptors (Lipinski definition) is 2. The first kappa shape index (κ1) is 12.0. The minimum Gasteiger partial charge on any atom is -0.344 e. The molecule has 92 valence electrons. The minimum absolute atomic E-state index is 0.00168. The highest BCUT2D eigenvalue weighted by atomic mass is 19.1. The normalized spacial score (nSPS) is 20.1. The van der Waals surface area contributed by atoms with Crippen molar-refractivity contribution in [2.45, 2.75) is 19.0 Å². The van der Waals surface area contributed by atoms with Crippen LogP contribution in [0.2, 0.25) is 0 Å². The van der Waals surface area contributed by atoms with E-state index < -0.39 is 11.6 Å². The van der Waals surface area contributed by atoms with Gasteiger partial charge in [0.25, 0.3) is 0 Å². The largest absolute Gasteiger partial charge is 0.344 e. The molecule has 1 atom stereocenters. The molecule has 0 aliphatic carbocycles. The molecule has 5 heteroatoms. The van der Waals surface area contributed by atoms with E-state index in [9.17, 15) is 13.6 Å².